The molecule has 0 aliphatic heterocycles. The third kappa shape index (κ3) is 6.39. The van der Waals surface area contributed by atoms with Crippen LogP contribution in [-0.2, 0) is 23.8 Å². The molecule has 17 heavy (non-hydrogen) atoms. The zero-order valence-electron chi connectivity index (χ0n) is 10.2. The first-order chi connectivity index (χ1) is 8.04. The molecule has 0 spiro atoms. The van der Waals surface area contributed by atoms with Crippen LogP contribution < -0.4 is 0 Å². The van der Waals surface area contributed by atoms with Crippen LogP contribution in [0.2, 0.25) is 0 Å². The van der Waals surface area contributed by atoms with Gasteiger partial charge in [-0.15, -0.1) is 0 Å². The smallest absolute Gasteiger partial charge is 0.409 e. The molecule has 0 radical (unpaired) electrons. The Bertz CT molecular complexity index is 258. The number of carbonyl (C=O) groups excluding carboxylic acids is 3. The normalized spacial score (nSPS) is 9.35. The van der Waals surface area contributed by atoms with Gasteiger partial charge in [0, 0.05) is 13.1 Å². The minimum Gasteiger partial charge on any atom is -0.469 e. The van der Waals surface area contributed by atoms with Gasteiger partial charge in [0.05, 0.1) is 34.2 Å². The maximum atomic E-state index is 11.3. The Morgan fingerprint density at radius 2 is 1.24 bits per heavy atom. The highest BCUT2D eigenvalue weighted by Crippen LogP contribution is 1.99. The average molecular weight is 247 g/mol. The maximum absolute atomic E-state index is 11.3. The number of nitrogens with zero attached hydrogens (tertiary/aromatic N) is 1. The molecule has 0 N–H and O–H groups in total. The highest BCUT2D eigenvalue weighted by Gasteiger charge is 2.16. The summed E-state index contributed by atoms with van der Waals surface area (Å²) in [6.45, 7) is 0.271. The quantitative estimate of drug-likeness (QED) is 0.492. The zero-order valence-corrected chi connectivity index (χ0v) is 10.2. The molecule has 0 aromatic rings. The molecular weight excluding hydrogens is 230 g/mol. The Kier molecular flexibility index (Phi) is 7.49. The molecular formula is C10H17NO6. The van der Waals surface area contributed by atoms with Crippen molar-refractivity contribution >= 4 is 18.0 Å². The highest BCUT2D eigenvalue weighted by molar-refractivity contribution is 5.73. The summed E-state index contributed by atoms with van der Waals surface area (Å²) in [4.78, 5) is 34.4. The Labute approximate surface area is 99.6 Å². The van der Waals surface area contributed by atoms with Gasteiger partial charge in [0.15, 0.2) is 0 Å². The van der Waals surface area contributed by atoms with Crippen molar-refractivity contribution in [3.05, 3.63) is 0 Å². The standard InChI is InChI=1S/C10H17NO6/c1-15-8(12)4-6-11(10(14)17-3)7-5-9(13)16-2/h4-7H2,1-3H3. The fourth-order valence-electron chi connectivity index (χ4n) is 1.08. The van der Waals surface area contributed by atoms with Crippen molar-refractivity contribution in [2.75, 3.05) is 34.4 Å². The van der Waals surface area contributed by atoms with Gasteiger partial charge in [0.25, 0.3) is 0 Å². The van der Waals surface area contributed by atoms with Gasteiger partial charge in [-0.05, 0) is 0 Å². The molecule has 0 aromatic heterocycles. The number of methoxy groups -OCH3 is 3. The molecule has 0 heterocycles. The van der Waals surface area contributed by atoms with E-state index in [1.165, 1.54) is 26.2 Å². The van der Waals surface area contributed by atoms with Gasteiger partial charge >= 0.3 is 18.0 Å². The van der Waals surface area contributed by atoms with Crippen LogP contribution in [0.25, 0.3) is 0 Å². The summed E-state index contributed by atoms with van der Waals surface area (Å²) < 4.78 is 13.4. The summed E-state index contributed by atoms with van der Waals surface area (Å²) in [5, 5.41) is 0. The fourth-order valence-corrected chi connectivity index (χ4v) is 1.08. The number of hydrogen-bond acceptors (Lipinski definition) is 6. The number of rotatable bonds is 6. The molecule has 0 bridgehead atoms. The summed E-state index contributed by atoms with van der Waals surface area (Å²) >= 11 is 0. The molecule has 0 fully saturated rings. The third-order valence-electron chi connectivity index (χ3n) is 2.06. The van der Waals surface area contributed by atoms with Crippen LogP contribution in [-0.4, -0.2) is 57.4 Å². The molecule has 0 aliphatic carbocycles. The first-order valence-corrected chi connectivity index (χ1v) is 5.01. The number of esters is 2. The van der Waals surface area contributed by atoms with Crippen molar-refractivity contribution in [1.82, 2.24) is 4.90 Å². The Morgan fingerprint density at radius 1 is 0.824 bits per heavy atom. The van der Waals surface area contributed by atoms with Gasteiger partial charge in [-0.3, -0.25) is 9.59 Å². The Balaban J connectivity index is 4.19. The minimum atomic E-state index is -0.599. The fraction of sp³-hybridized carbons (Fsp3) is 0.700. The lowest BCUT2D eigenvalue weighted by Gasteiger charge is -2.19. The lowest BCUT2D eigenvalue weighted by Crippen LogP contribution is -2.35. The summed E-state index contributed by atoms with van der Waals surface area (Å²) in [6.07, 6.45) is -0.502. The van der Waals surface area contributed by atoms with Crippen molar-refractivity contribution in [3.8, 4) is 0 Å². The molecule has 1 amide bonds. The first kappa shape index (κ1) is 15.2. The third-order valence-corrected chi connectivity index (χ3v) is 2.06. The first-order valence-electron chi connectivity index (χ1n) is 5.01. The molecule has 0 unspecified atom stereocenters. The second kappa shape index (κ2) is 8.37. The topological polar surface area (TPSA) is 82.1 Å². The molecule has 98 valence electrons. The van der Waals surface area contributed by atoms with Crippen molar-refractivity contribution in [1.29, 1.82) is 0 Å². The maximum Gasteiger partial charge on any atom is 0.409 e. The summed E-state index contributed by atoms with van der Waals surface area (Å²) in [6, 6.07) is 0. The van der Waals surface area contributed by atoms with E-state index in [9.17, 15) is 14.4 Å². The van der Waals surface area contributed by atoms with Crippen LogP contribution in [0.3, 0.4) is 0 Å². The van der Waals surface area contributed by atoms with E-state index in [2.05, 4.69) is 14.2 Å². The lowest BCUT2D eigenvalue weighted by molar-refractivity contribution is -0.140. The van der Waals surface area contributed by atoms with Crippen LogP contribution in [0.15, 0.2) is 0 Å². The number of amides is 1. The van der Waals surface area contributed by atoms with E-state index in [0.717, 1.165) is 0 Å². The molecule has 0 rings (SSSR count). The van der Waals surface area contributed by atoms with E-state index in [0.29, 0.717) is 0 Å². The van der Waals surface area contributed by atoms with Crippen LogP contribution in [0.4, 0.5) is 4.79 Å². The zero-order chi connectivity index (χ0) is 13.3. The second-order valence-corrected chi connectivity index (χ2v) is 3.11. The van der Waals surface area contributed by atoms with Crippen molar-refractivity contribution < 1.29 is 28.6 Å². The van der Waals surface area contributed by atoms with Crippen LogP contribution in [0.5, 0.6) is 0 Å². The molecule has 7 nitrogen and oxygen atoms in total. The molecule has 0 aliphatic rings. The van der Waals surface area contributed by atoms with Gasteiger partial charge in [0.2, 0.25) is 0 Å². The van der Waals surface area contributed by atoms with Crippen LogP contribution >= 0.6 is 0 Å². The average Bonchev–Trinajstić information content (AvgIpc) is 2.36. The van der Waals surface area contributed by atoms with E-state index >= 15 is 0 Å². The lowest BCUT2D eigenvalue weighted by atomic mass is 10.3. The van der Waals surface area contributed by atoms with Crippen molar-refractivity contribution in [2.24, 2.45) is 0 Å². The van der Waals surface area contributed by atoms with Crippen molar-refractivity contribution in [3.63, 3.8) is 0 Å². The van der Waals surface area contributed by atoms with Gasteiger partial charge in [-0.1, -0.05) is 0 Å². The molecule has 0 saturated carbocycles. The van der Waals surface area contributed by atoms with Gasteiger partial charge < -0.3 is 19.1 Å². The van der Waals surface area contributed by atoms with E-state index in [1.807, 2.05) is 0 Å². The van der Waals surface area contributed by atoms with Gasteiger partial charge in [-0.2, -0.15) is 0 Å². The van der Waals surface area contributed by atoms with E-state index in [4.69, 9.17) is 0 Å². The molecule has 0 saturated heterocycles. The Morgan fingerprint density at radius 3 is 1.53 bits per heavy atom. The van der Waals surface area contributed by atoms with Crippen LogP contribution in [0.1, 0.15) is 12.8 Å². The predicted molar refractivity (Wildman–Crippen MR) is 57.2 cm³/mol. The second-order valence-electron chi connectivity index (χ2n) is 3.11. The SMILES string of the molecule is COC(=O)CCN(CCC(=O)OC)C(=O)OC. The number of carbonyl (C=O) groups is 3. The number of hydrogen-bond donors (Lipinski definition) is 0. The van der Waals surface area contributed by atoms with E-state index < -0.39 is 18.0 Å². The molecule has 0 aromatic carbocycles. The summed E-state index contributed by atoms with van der Waals surface area (Å²) in [7, 11) is 3.75. The summed E-state index contributed by atoms with van der Waals surface area (Å²) in [5.74, 6) is -0.867. The van der Waals surface area contributed by atoms with Crippen molar-refractivity contribution in [2.45, 2.75) is 12.8 Å². The van der Waals surface area contributed by atoms with E-state index in [-0.39, 0.29) is 25.9 Å². The number of ether oxygens (including phenoxy) is 3. The highest BCUT2D eigenvalue weighted by atomic mass is 16.5. The molecule has 0 atom stereocenters. The van der Waals surface area contributed by atoms with Gasteiger partial charge in [-0.25, -0.2) is 4.79 Å². The van der Waals surface area contributed by atoms with Crippen LogP contribution in [0, 0.1) is 0 Å². The largest absolute Gasteiger partial charge is 0.469 e. The Hall–Kier alpha value is -1.79. The molecule has 7 heteroatoms. The minimum absolute atomic E-state index is 0.0484. The van der Waals surface area contributed by atoms with Gasteiger partial charge in [0.1, 0.15) is 0 Å². The predicted octanol–water partition coefficient (Wildman–Crippen LogP) is 0.181. The summed E-state index contributed by atoms with van der Waals surface area (Å²) in [5.41, 5.74) is 0. The van der Waals surface area contributed by atoms with E-state index in [1.54, 1.807) is 0 Å². The monoisotopic (exact) mass is 247 g/mol.